The molecule has 3 nitrogen and oxygen atoms in total. The van der Waals surface area contributed by atoms with Crippen LogP contribution in [-0.2, 0) is 16.0 Å². The van der Waals surface area contributed by atoms with Gasteiger partial charge in [0.2, 0.25) is 0 Å². The highest BCUT2D eigenvalue weighted by Gasteiger charge is 2.31. The van der Waals surface area contributed by atoms with Crippen molar-refractivity contribution < 1.29 is 31.8 Å². The summed E-state index contributed by atoms with van der Waals surface area (Å²) in [5.74, 6) is -2.10. The van der Waals surface area contributed by atoms with E-state index in [1.54, 1.807) is 6.92 Å². The van der Waals surface area contributed by atoms with Crippen LogP contribution in [0.2, 0.25) is 0 Å². The molecule has 1 rings (SSSR count). The molecule has 0 heterocycles. The number of hydrogen-bond acceptors (Lipinski definition) is 3. The van der Waals surface area contributed by atoms with Gasteiger partial charge in [0.25, 0.3) is 0 Å². The van der Waals surface area contributed by atoms with Crippen molar-refractivity contribution in [2.45, 2.75) is 19.7 Å². The Morgan fingerprint density at radius 2 is 2.00 bits per heavy atom. The number of carbonyl (C=O) groups is 1. The average Bonchev–Trinajstić information content (AvgIpc) is 2.21. The number of carbonyl (C=O) groups excluding carboxylic acids is 1. The lowest BCUT2D eigenvalue weighted by atomic mass is 10.1. The molecule has 0 N–H and O–H groups in total. The minimum Gasteiger partial charge on any atom is -0.466 e. The molecule has 0 aliphatic rings. The predicted molar refractivity (Wildman–Crippen MR) is 53.4 cm³/mol. The van der Waals surface area contributed by atoms with E-state index in [0.29, 0.717) is 0 Å². The van der Waals surface area contributed by atoms with Gasteiger partial charge in [0, 0.05) is 5.56 Å². The van der Waals surface area contributed by atoms with Crippen LogP contribution in [0.25, 0.3) is 0 Å². The van der Waals surface area contributed by atoms with Crippen LogP contribution in [0.5, 0.6) is 5.75 Å². The first-order valence-corrected chi connectivity index (χ1v) is 5.01. The van der Waals surface area contributed by atoms with E-state index in [1.165, 1.54) is 0 Å². The lowest BCUT2D eigenvalue weighted by molar-refractivity contribution is -0.274. The van der Waals surface area contributed by atoms with Gasteiger partial charge in [-0.05, 0) is 25.1 Å². The van der Waals surface area contributed by atoms with E-state index in [0.717, 1.165) is 18.2 Å². The van der Waals surface area contributed by atoms with E-state index < -0.39 is 30.3 Å². The second-order valence-electron chi connectivity index (χ2n) is 3.28. The number of esters is 1. The molecule has 0 saturated heterocycles. The molecule has 0 bridgehead atoms. The number of rotatable bonds is 4. The third kappa shape index (κ3) is 4.60. The quantitative estimate of drug-likeness (QED) is 0.621. The van der Waals surface area contributed by atoms with Gasteiger partial charge in [-0.2, -0.15) is 0 Å². The van der Waals surface area contributed by atoms with E-state index >= 15 is 0 Å². The van der Waals surface area contributed by atoms with Gasteiger partial charge in [-0.3, -0.25) is 4.79 Å². The number of ether oxygens (including phenoxy) is 2. The van der Waals surface area contributed by atoms with Gasteiger partial charge in [0.15, 0.2) is 0 Å². The van der Waals surface area contributed by atoms with Gasteiger partial charge in [-0.1, -0.05) is 0 Å². The minimum atomic E-state index is -4.86. The fourth-order valence-electron chi connectivity index (χ4n) is 1.25. The molecule has 7 heteroatoms. The number of hydrogen-bond donors (Lipinski definition) is 0. The fourth-order valence-corrected chi connectivity index (χ4v) is 1.25. The molecule has 0 aliphatic heterocycles. The third-order valence-corrected chi connectivity index (χ3v) is 1.89. The summed E-state index contributed by atoms with van der Waals surface area (Å²) in [6, 6.07) is 2.45. The van der Waals surface area contributed by atoms with Crippen molar-refractivity contribution in [1.82, 2.24) is 0 Å². The SMILES string of the molecule is CCOC(=O)Cc1cc(OC(F)(F)F)ccc1F. The summed E-state index contributed by atoms with van der Waals surface area (Å²) < 4.78 is 57.3. The highest BCUT2D eigenvalue weighted by Crippen LogP contribution is 2.24. The van der Waals surface area contributed by atoms with Gasteiger partial charge >= 0.3 is 12.3 Å². The van der Waals surface area contributed by atoms with Gasteiger partial charge < -0.3 is 9.47 Å². The zero-order valence-corrected chi connectivity index (χ0v) is 9.38. The molecule has 0 aliphatic carbocycles. The van der Waals surface area contributed by atoms with Crippen LogP contribution in [-0.4, -0.2) is 18.9 Å². The number of alkyl halides is 3. The average molecular weight is 266 g/mol. The summed E-state index contributed by atoms with van der Waals surface area (Å²) in [6.45, 7) is 1.68. The standard InChI is InChI=1S/C11H10F4O3/c1-2-17-10(16)6-7-5-8(3-4-9(7)12)18-11(13,14)15/h3-5H,2,6H2,1H3. The summed E-state index contributed by atoms with van der Waals surface area (Å²) in [4.78, 5) is 11.1. The van der Waals surface area contributed by atoms with E-state index in [9.17, 15) is 22.4 Å². The molecular formula is C11H10F4O3. The summed E-state index contributed by atoms with van der Waals surface area (Å²) in [5, 5.41) is 0. The zero-order chi connectivity index (χ0) is 13.8. The molecule has 0 saturated carbocycles. The second kappa shape index (κ2) is 5.70. The Labute approximate surface area is 100 Å². The molecule has 0 unspecified atom stereocenters. The van der Waals surface area contributed by atoms with E-state index in [-0.39, 0.29) is 12.2 Å². The van der Waals surface area contributed by atoms with E-state index in [2.05, 4.69) is 9.47 Å². The van der Waals surface area contributed by atoms with Crippen LogP contribution in [0.3, 0.4) is 0 Å². The maximum Gasteiger partial charge on any atom is 0.573 e. The van der Waals surface area contributed by atoms with Gasteiger partial charge in [-0.15, -0.1) is 13.2 Å². The van der Waals surface area contributed by atoms with Gasteiger partial charge in [-0.25, -0.2) is 4.39 Å². The van der Waals surface area contributed by atoms with Crippen LogP contribution in [0.4, 0.5) is 17.6 Å². The third-order valence-electron chi connectivity index (χ3n) is 1.89. The van der Waals surface area contributed by atoms with Gasteiger partial charge in [0.05, 0.1) is 13.0 Å². The van der Waals surface area contributed by atoms with Crippen LogP contribution in [0.15, 0.2) is 18.2 Å². The first-order chi connectivity index (χ1) is 8.31. The number of benzene rings is 1. The van der Waals surface area contributed by atoms with Crippen molar-refractivity contribution in [1.29, 1.82) is 0 Å². The number of halogens is 4. The Morgan fingerprint density at radius 3 is 2.56 bits per heavy atom. The van der Waals surface area contributed by atoms with Crippen LogP contribution < -0.4 is 4.74 Å². The summed E-state index contributed by atoms with van der Waals surface area (Å²) in [6.07, 6.45) is -5.31. The van der Waals surface area contributed by atoms with E-state index in [1.807, 2.05) is 0 Å². The molecule has 0 aromatic heterocycles. The smallest absolute Gasteiger partial charge is 0.466 e. The molecular weight excluding hydrogens is 256 g/mol. The molecule has 0 atom stereocenters. The maximum absolute atomic E-state index is 13.3. The second-order valence-corrected chi connectivity index (χ2v) is 3.28. The maximum atomic E-state index is 13.3. The highest BCUT2D eigenvalue weighted by molar-refractivity contribution is 5.72. The first-order valence-electron chi connectivity index (χ1n) is 5.01. The predicted octanol–water partition coefficient (Wildman–Crippen LogP) is 2.83. The molecule has 0 amide bonds. The van der Waals surface area contributed by atoms with Crippen LogP contribution in [0, 0.1) is 5.82 Å². The Balaban J connectivity index is 2.84. The molecule has 0 spiro atoms. The topological polar surface area (TPSA) is 35.5 Å². The van der Waals surface area contributed by atoms with E-state index in [4.69, 9.17) is 0 Å². The highest BCUT2D eigenvalue weighted by atomic mass is 19.4. The van der Waals surface area contributed by atoms with Crippen molar-refractivity contribution in [2.75, 3.05) is 6.61 Å². The normalized spacial score (nSPS) is 11.2. The lowest BCUT2D eigenvalue weighted by Gasteiger charge is -2.10. The van der Waals surface area contributed by atoms with Crippen LogP contribution in [0.1, 0.15) is 12.5 Å². The fraction of sp³-hybridized carbons (Fsp3) is 0.364. The van der Waals surface area contributed by atoms with Gasteiger partial charge in [0.1, 0.15) is 11.6 Å². The van der Waals surface area contributed by atoms with Crippen LogP contribution >= 0.6 is 0 Å². The molecule has 0 radical (unpaired) electrons. The first kappa shape index (κ1) is 14.3. The molecule has 0 fully saturated rings. The Kier molecular flexibility index (Phi) is 4.52. The molecule has 100 valence electrons. The molecule has 1 aromatic rings. The Morgan fingerprint density at radius 1 is 1.33 bits per heavy atom. The Hall–Kier alpha value is -1.79. The Bertz CT molecular complexity index is 429. The van der Waals surface area contributed by atoms with Crippen molar-refractivity contribution >= 4 is 5.97 Å². The largest absolute Gasteiger partial charge is 0.573 e. The van der Waals surface area contributed by atoms with Crippen molar-refractivity contribution in [3.63, 3.8) is 0 Å². The molecule has 1 aromatic carbocycles. The summed E-state index contributed by atoms with van der Waals surface area (Å²) in [5.41, 5.74) is -0.213. The zero-order valence-electron chi connectivity index (χ0n) is 9.38. The summed E-state index contributed by atoms with van der Waals surface area (Å²) >= 11 is 0. The monoisotopic (exact) mass is 266 g/mol. The summed E-state index contributed by atoms with van der Waals surface area (Å²) in [7, 11) is 0. The minimum absolute atomic E-state index is 0.110. The van der Waals surface area contributed by atoms with Crippen molar-refractivity contribution in [2.24, 2.45) is 0 Å². The molecule has 18 heavy (non-hydrogen) atoms. The van der Waals surface area contributed by atoms with Crippen molar-refractivity contribution in [3.8, 4) is 5.75 Å². The van der Waals surface area contributed by atoms with Crippen molar-refractivity contribution in [3.05, 3.63) is 29.6 Å². The lowest BCUT2D eigenvalue weighted by Crippen LogP contribution is -2.17.